The van der Waals surface area contributed by atoms with Crippen LogP contribution in [-0.4, -0.2) is 4.98 Å². The first kappa shape index (κ1) is 14.8. The molecule has 3 aromatic rings. The molecule has 0 fully saturated rings. The molecular formula is C18H11ClN4. The van der Waals surface area contributed by atoms with E-state index in [0.717, 1.165) is 16.5 Å². The largest absolute Gasteiger partial charge is 0.366 e. The maximum atomic E-state index is 9.31. The molecule has 0 bridgehead atoms. The van der Waals surface area contributed by atoms with Crippen molar-refractivity contribution in [3.8, 4) is 12.1 Å². The van der Waals surface area contributed by atoms with Crippen molar-refractivity contribution >= 4 is 28.3 Å². The number of fused-ring (bicyclic) bond motifs is 1. The molecule has 3 rings (SSSR count). The molecule has 0 saturated carbocycles. The van der Waals surface area contributed by atoms with Gasteiger partial charge in [0.15, 0.2) is 0 Å². The number of nitriles is 2. The Morgan fingerprint density at radius 1 is 1.00 bits per heavy atom. The molecule has 0 aliphatic carbocycles. The van der Waals surface area contributed by atoms with Crippen LogP contribution in [0.25, 0.3) is 10.9 Å². The fraction of sp³-hybridized carbons (Fsp3) is 0.0556. The van der Waals surface area contributed by atoms with Crippen LogP contribution in [0.3, 0.4) is 0 Å². The lowest BCUT2D eigenvalue weighted by Crippen LogP contribution is -2.02. The molecule has 0 spiro atoms. The Labute approximate surface area is 138 Å². The third kappa shape index (κ3) is 3.23. The van der Waals surface area contributed by atoms with Crippen LogP contribution in [0, 0.1) is 22.7 Å². The van der Waals surface area contributed by atoms with Gasteiger partial charge in [-0.3, -0.25) is 0 Å². The Kier molecular flexibility index (Phi) is 4.10. The molecule has 0 unspecified atom stereocenters. The molecule has 0 amide bonds. The fourth-order valence-electron chi connectivity index (χ4n) is 2.27. The van der Waals surface area contributed by atoms with Gasteiger partial charge in [-0.05, 0) is 42.0 Å². The number of rotatable bonds is 3. The van der Waals surface area contributed by atoms with Gasteiger partial charge in [0.1, 0.15) is 5.82 Å². The number of benzene rings is 2. The van der Waals surface area contributed by atoms with Crippen molar-refractivity contribution in [1.29, 1.82) is 10.5 Å². The highest BCUT2D eigenvalue weighted by Gasteiger charge is 2.06. The molecule has 0 aliphatic heterocycles. The number of halogens is 1. The standard InChI is InChI=1S/C18H11ClN4/c19-15-5-6-17-16(8-15)14(10-21)7-18(23-17)22-11-13-3-1-12(9-20)2-4-13/h1-8H,11H2,(H,22,23). The number of nitrogens with zero attached hydrogens (tertiary/aromatic N) is 3. The molecular weight excluding hydrogens is 308 g/mol. The molecule has 1 N–H and O–H groups in total. The van der Waals surface area contributed by atoms with Gasteiger partial charge in [0.2, 0.25) is 0 Å². The first-order chi connectivity index (χ1) is 11.2. The zero-order valence-electron chi connectivity index (χ0n) is 12.0. The van der Waals surface area contributed by atoms with E-state index in [0.29, 0.717) is 28.5 Å². The van der Waals surface area contributed by atoms with Crippen LogP contribution in [0.4, 0.5) is 5.82 Å². The Balaban J connectivity index is 1.87. The summed E-state index contributed by atoms with van der Waals surface area (Å²) < 4.78 is 0. The number of hydrogen-bond donors (Lipinski definition) is 1. The van der Waals surface area contributed by atoms with E-state index in [1.54, 1.807) is 36.4 Å². The molecule has 2 aromatic carbocycles. The molecule has 0 saturated heterocycles. The zero-order valence-corrected chi connectivity index (χ0v) is 12.8. The van der Waals surface area contributed by atoms with E-state index in [1.165, 1.54) is 0 Å². The van der Waals surface area contributed by atoms with E-state index in [-0.39, 0.29) is 0 Å². The van der Waals surface area contributed by atoms with Gasteiger partial charge in [-0.25, -0.2) is 4.98 Å². The van der Waals surface area contributed by atoms with Gasteiger partial charge >= 0.3 is 0 Å². The van der Waals surface area contributed by atoms with Crippen molar-refractivity contribution in [2.75, 3.05) is 5.32 Å². The second-order valence-corrected chi connectivity index (χ2v) is 5.43. The second-order valence-electron chi connectivity index (χ2n) is 4.99. The van der Waals surface area contributed by atoms with E-state index in [1.807, 2.05) is 12.1 Å². The van der Waals surface area contributed by atoms with Crippen molar-refractivity contribution in [3.63, 3.8) is 0 Å². The van der Waals surface area contributed by atoms with E-state index >= 15 is 0 Å². The smallest absolute Gasteiger partial charge is 0.128 e. The minimum absolute atomic E-state index is 0.528. The van der Waals surface area contributed by atoms with Gasteiger partial charge in [0, 0.05) is 17.0 Å². The van der Waals surface area contributed by atoms with E-state index in [9.17, 15) is 5.26 Å². The van der Waals surface area contributed by atoms with Gasteiger partial charge in [-0.1, -0.05) is 23.7 Å². The third-order valence-electron chi connectivity index (χ3n) is 3.45. The van der Waals surface area contributed by atoms with Crippen molar-refractivity contribution < 1.29 is 0 Å². The molecule has 1 aromatic heterocycles. The predicted octanol–water partition coefficient (Wildman–Crippen LogP) is 4.24. The molecule has 1 heterocycles. The molecule has 4 nitrogen and oxygen atoms in total. The van der Waals surface area contributed by atoms with Crippen LogP contribution in [0.1, 0.15) is 16.7 Å². The van der Waals surface area contributed by atoms with Crippen molar-refractivity contribution in [2.24, 2.45) is 0 Å². The quantitative estimate of drug-likeness (QED) is 0.783. The Bertz CT molecular complexity index is 950. The number of nitrogens with one attached hydrogen (secondary N) is 1. The van der Waals surface area contributed by atoms with Gasteiger partial charge in [-0.15, -0.1) is 0 Å². The van der Waals surface area contributed by atoms with Crippen LogP contribution in [-0.2, 0) is 6.54 Å². The van der Waals surface area contributed by atoms with E-state index < -0.39 is 0 Å². The van der Waals surface area contributed by atoms with Crippen molar-refractivity contribution in [1.82, 2.24) is 4.98 Å². The summed E-state index contributed by atoms with van der Waals surface area (Å²) in [7, 11) is 0. The minimum Gasteiger partial charge on any atom is -0.366 e. The number of aromatic nitrogens is 1. The highest BCUT2D eigenvalue weighted by Crippen LogP contribution is 2.24. The van der Waals surface area contributed by atoms with Crippen LogP contribution < -0.4 is 5.32 Å². The SMILES string of the molecule is N#Cc1ccc(CNc2cc(C#N)c3cc(Cl)ccc3n2)cc1. The van der Waals surface area contributed by atoms with Crippen LogP contribution in [0.15, 0.2) is 48.5 Å². The maximum absolute atomic E-state index is 9.31. The number of hydrogen-bond acceptors (Lipinski definition) is 4. The first-order valence-corrected chi connectivity index (χ1v) is 7.31. The summed E-state index contributed by atoms with van der Waals surface area (Å²) in [6.07, 6.45) is 0. The second kappa shape index (κ2) is 6.36. The highest BCUT2D eigenvalue weighted by molar-refractivity contribution is 6.31. The van der Waals surface area contributed by atoms with E-state index in [4.69, 9.17) is 16.9 Å². The Morgan fingerprint density at radius 2 is 1.78 bits per heavy atom. The van der Waals surface area contributed by atoms with Gasteiger partial charge in [-0.2, -0.15) is 10.5 Å². The summed E-state index contributed by atoms with van der Waals surface area (Å²) in [6, 6.07) is 18.6. The summed E-state index contributed by atoms with van der Waals surface area (Å²) in [5.74, 6) is 0.626. The summed E-state index contributed by atoms with van der Waals surface area (Å²) >= 11 is 5.98. The lowest BCUT2D eigenvalue weighted by molar-refractivity contribution is 1.12. The molecule has 23 heavy (non-hydrogen) atoms. The monoisotopic (exact) mass is 318 g/mol. The summed E-state index contributed by atoms with van der Waals surface area (Å²) in [5, 5.41) is 22.6. The third-order valence-corrected chi connectivity index (χ3v) is 3.68. The first-order valence-electron chi connectivity index (χ1n) is 6.93. The molecule has 5 heteroatoms. The lowest BCUT2D eigenvalue weighted by atomic mass is 10.1. The summed E-state index contributed by atoms with van der Waals surface area (Å²) in [4.78, 5) is 4.50. The van der Waals surface area contributed by atoms with Crippen molar-refractivity contribution in [2.45, 2.75) is 6.54 Å². The number of anilines is 1. The van der Waals surface area contributed by atoms with E-state index in [2.05, 4.69) is 22.4 Å². The average Bonchev–Trinajstić information content (AvgIpc) is 2.59. The zero-order chi connectivity index (χ0) is 16.2. The molecule has 0 radical (unpaired) electrons. The Morgan fingerprint density at radius 3 is 2.48 bits per heavy atom. The van der Waals surface area contributed by atoms with Crippen LogP contribution in [0.2, 0.25) is 5.02 Å². The summed E-state index contributed by atoms with van der Waals surface area (Å²) in [5.41, 5.74) is 2.90. The molecule has 0 atom stereocenters. The fourth-order valence-corrected chi connectivity index (χ4v) is 2.44. The van der Waals surface area contributed by atoms with Gasteiger partial charge < -0.3 is 5.32 Å². The molecule has 0 aliphatic rings. The topological polar surface area (TPSA) is 72.5 Å². The van der Waals surface area contributed by atoms with Gasteiger partial charge in [0.05, 0.1) is 28.8 Å². The number of pyridine rings is 1. The Hall–Kier alpha value is -3.08. The maximum Gasteiger partial charge on any atom is 0.128 e. The molecule has 110 valence electrons. The van der Waals surface area contributed by atoms with Gasteiger partial charge in [0.25, 0.3) is 0 Å². The average molecular weight is 319 g/mol. The minimum atomic E-state index is 0.528. The van der Waals surface area contributed by atoms with Crippen molar-refractivity contribution in [3.05, 3.63) is 70.2 Å². The highest BCUT2D eigenvalue weighted by atomic mass is 35.5. The lowest BCUT2D eigenvalue weighted by Gasteiger charge is -2.08. The summed E-state index contributed by atoms with van der Waals surface area (Å²) in [6.45, 7) is 0.558. The predicted molar refractivity (Wildman–Crippen MR) is 90.0 cm³/mol. The van der Waals surface area contributed by atoms with Crippen LogP contribution >= 0.6 is 11.6 Å². The normalized spacial score (nSPS) is 10.0. The van der Waals surface area contributed by atoms with Crippen LogP contribution in [0.5, 0.6) is 0 Å².